The molecule has 6 heteroatoms. The molecule has 0 bridgehead atoms. The second-order valence-corrected chi connectivity index (χ2v) is 6.33. The van der Waals surface area contributed by atoms with E-state index in [-0.39, 0.29) is 29.8 Å². The molecule has 3 rings (SSSR count). The molecule has 2 saturated heterocycles. The van der Waals surface area contributed by atoms with Gasteiger partial charge in [0.05, 0.1) is 6.10 Å². The molecule has 1 amide bonds. The van der Waals surface area contributed by atoms with Gasteiger partial charge in [0.25, 0.3) is 0 Å². The molecule has 0 saturated carbocycles. The fourth-order valence-corrected chi connectivity index (χ4v) is 3.47. The van der Waals surface area contributed by atoms with E-state index in [1.54, 1.807) is 12.1 Å². The van der Waals surface area contributed by atoms with Crippen molar-refractivity contribution in [3.8, 4) is 0 Å². The van der Waals surface area contributed by atoms with Gasteiger partial charge >= 0.3 is 0 Å². The van der Waals surface area contributed by atoms with Crippen LogP contribution in [0.25, 0.3) is 0 Å². The normalized spacial score (nSPS) is 31.0. The van der Waals surface area contributed by atoms with Crippen molar-refractivity contribution in [2.45, 2.75) is 43.4 Å². The van der Waals surface area contributed by atoms with Crippen LogP contribution < -0.4 is 16.4 Å². The minimum absolute atomic E-state index is 0.0110. The van der Waals surface area contributed by atoms with Crippen LogP contribution in [0.5, 0.6) is 0 Å². The number of hydrogen-bond acceptors (Lipinski definition) is 4. The van der Waals surface area contributed by atoms with Gasteiger partial charge in [-0.25, -0.2) is 4.39 Å². The molecule has 2 unspecified atom stereocenters. The lowest BCUT2D eigenvalue weighted by atomic mass is 9.86. The molecule has 4 N–H and O–H groups in total. The van der Waals surface area contributed by atoms with Gasteiger partial charge in [-0.3, -0.25) is 4.79 Å². The van der Waals surface area contributed by atoms with Gasteiger partial charge in [0.2, 0.25) is 5.91 Å². The van der Waals surface area contributed by atoms with Crippen molar-refractivity contribution in [2.24, 2.45) is 5.73 Å². The maximum absolute atomic E-state index is 13.1. The van der Waals surface area contributed by atoms with Crippen molar-refractivity contribution >= 4 is 5.91 Å². The zero-order valence-corrected chi connectivity index (χ0v) is 13.1. The van der Waals surface area contributed by atoms with Crippen LogP contribution >= 0.6 is 0 Å². The molecule has 5 nitrogen and oxygen atoms in total. The highest BCUT2D eigenvalue weighted by molar-refractivity contribution is 5.81. The topological polar surface area (TPSA) is 76.4 Å². The third-order valence-electron chi connectivity index (χ3n) is 4.77. The third-order valence-corrected chi connectivity index (χ3v) is 4.77. The smallest absolute Gasteiger partial charge is 0.249 e. The Morgan fingerprint density at radius 3 is 2.78 bits per heavy atom. The molecule has 2 aliphatic rings. The molecule has 0 radical (unpaired) electrons. The summed E-state index contributed by atoms with van der Waals surface area (Å²) in [5.41, 5.74) is 6.65. The number of amides is 1. The van der Waals surface area contributed by atoms with E-state index in [1.165, 1.54) is 12.1 Å². The predicted molar refractivity (Wildman–Crippen MR) is 85.5 cm³/mol. The zero-order chi connectivity index (χ0) is 16.2. The SMILES string of the molecule is NC[C@H]1CC[C@@H](C(=O)NC2CNCCC2c2ccc(F)cc2)O1. The summed E-state index contributed by atoms with van der Waals surface area (Å²) in [4.78, 5) is 12.4. The lowest BCUT2D eigenvalue weighted by Gasteiger charge is -2.33. The molecular formula is C17H24FN3O2. The summed E-state index contributed by atoms with van der Waals surface area (Å²) in [7, 11) is 0. The third kappa shape index (κ3) is 3.88. The quantitative estimate of drug-likeness (QED) is 0.770. The fraction of sp³-hybridized carbons (Fsp3) is 0.588. The first kappa shape index (κ1) is 16.4. The molecule has 0 aliphatic carbocycles. The highest BCUT2D eigenvalue weighted by Crippen LogP contribution is 2.27. The monoisotopic (exact) mass is 321 g/mol. The first-order chi connectivity index (χ1) is 11.2. The van der Waals surface area contributed by atoms with Gasteiger partial charge in [0, 0.05) is 25.0 Å². The summed E-state index contributed by atoms with van der Waals surface area (Å²) < 4.78 is 18.8. The van der Waals surface area contributed by atoms with Crippen molar-refractivity contribution in [3.63, 3.8) is 0 Å². The number of rotatable bonds is 4. The standard InChI is InChI=1S/C17H24FN3O2/c18-12-3-1-11(2-4-12)14-7-8-20-10-15(14)21-17(22)16-6-5-13(9-19)23-16/h1-4,13-16,20H,5-10,19H2,(H,21,22)/t13-,14?,15?,16+/m1/s1. The van der Waals surface area contributed by atoms with Crippen molar-refractivity contribution in [1.82, 2.24) is 10.6 Å². The maximum atomic E-state index is 13.1. The van der Waals surface area contributed by atoms with E-state index in [0.29, 0.717) is 13.1 Å². The molecule has 126 valence electrons. The molecule has 1 aromatic rings. The Bertz CT molecular complexity index is 537. The van der Waals surface area contributed by atoms with E-state index >= 15 is 0 Å². The number of nitrogens with two attached hydrogens (primary N) is 1. The van der Waals surface area contributed by atoms with Gasteiger partial charge in [-0.05, 0) is 43.5 Å². The summed E-state index contributed by atoms with van der Waals surface area (Å²) in [6.07, 6.45) is 2.05. The minimum atomic E-state index is -0.403. The Labute approximate surface area is 135 Å². The average Bonchev–Trinajstić information content (AvgIpc) is 3.05. The number of piperidine rings is 1. The maximum Gasteiger partial charge on any atom is 0.249 e. The largest absolute Gasteiger partial charge is 0.364 e. The lowest BCUT2D eigenvalue weighted by Crippen LogP contribution is -2.52. The van der Waals surface area contributed by atoms with Crippen LogP contribution in [-0.2, 0) is 9.53 Å². The highest BCUT2D eigenvalue weighted by atomic mass is 19.1. The predicted octanol–water partition coefficient (Wildman–Crippen LogP) is 0.894. The van der Waals surface area contributed by atoms with Crippen LogP contribution in [-0.4, -0.2) is 43.8 Å². The number of ether oxygens (including phenoxy) is 1. The average molecular weight is 321 g/mol. The Morgan fingerprint density at radius 2 is 2.09 bits per heavy atom. The number of carbonyl (C=O) groups excluding carboxylic acids is 1. The van der Waals surface area contributed by atoms with Gasteiger partial charge in [-0.1, -0.05) is 12.1 Å². The zero-order valence-electron chi connectivity index (χ0n) is 13.1. The Hall–Kier alpha value is -1.50. The summed E-state index contributed by atoms with van der Waals surface area (Å²) >= 11 is 0. The van der Waals surface area contributed by atoms with Crippen LogP contribution in [0.2, 0.25) is 0 Å². The van der Waals surface area contributed by atoms with E-state index in [0.717, 1.165) is 31.4 Å². The Morgan fingerprint density at radius 1 is 1.30 bits per heavy atom. The molecule has 2 aliphatic heterocycles. The van der Waals surface area contributed by atoms with Crippen molar-refractivity contribution < 1.29 is 13.9 Å². The summed E-state index contributed by atoms with van der Waals surface area (Å²) in [6, 6.07) is 6.55. The second-order valence-electron chi connectivity index (χ2n) is 6.33. The van der Waals surface area contributed by atoms with Gasteiger partial charge in [-0.2, -0.15) is 0 Å². The fourth-order valence-electron chi connectivity index (χ4n) is 3.47. The van der Waals surface area contributed by atoms with Crippen LogP contribution in [0.1, 0.15) is 30.7 Å². The molecular weight excluding hydrogens is 297 g/mol. The van der Waals surface area contributed by atoms with E-state index in [2.05, 4.69) is 10.6 Å². The van der Waals surface area contributed by atoms with Crippen molar-refractivity contribution in [1.29, 1.82) is 0 Å². The molecule has 4 atom stereocenters. The number of benzene rings is 1. The molecule has 0 spiro atoms. The van der Waals surface area contributed by atoms with E-state index in [1.807, 2.05) is 0 Å². The first-order valence-corrected chi connectivity index (χ1v) is 8.29. The Balaban J connectivity index is 1.64. The number of hydrogen-bond donors (Lipinski definition) is 3. The number of halogens is 1. The lowest BCUT2D eigenvalue weighted by molar-refractivity contribution is -0.132. The molecule has 23 heavy (non-hydrogen) atoms. The Kier molecular flexibility index (Phi) is 5.25. The van der Waals surface area contributed by atoms with Crippen LogP contribution in [0.3, 0.4) is 0 Å². The van der Waals surface area contributed by atoms with Crippen LogP contribution in [0, 0.1) is 5.82 Å². The first-order valence-electron chi connectivity index (χ1n) is 8.29. The number of nitrogens with one attached hydrogen (secondary N) is 2. The summed E-state index contributed by atoms with van der Waals surface area (Å²) in [5, 5.41) is 6.42. The number of carbonyl (C=O) groups is 1. The van der Waals surface area contributed by atoms with E-state index in [9.17, 15) is 9.18 Å². The van der Waals surface area contributed by atoms with Gasteiger partial charge in [0.15, 0.2) is 0 Å². The van der Waals surface area contributed by atoms with Gasteiger partial charge in [-0.15, -0.1) is 0 Å². The summed E-state index contributed by atoms with van der Waals surface area (Å²) in [6.45, 7) is 2.05. The van der Waals surface area contributed by atoms with E-state index < -0.39 is 6.10 Å². The van der Waals surface area contributed by atoms with Crippen molar-refractivity contribution in [2.75, 3.05) is 19.6 Å². The molecule has 1 aromatic carbocycles. The minimum Gasteiger partial charge on any atom is -0.364 e. The molecule has 2 fully saturated rings. The van der Waals surface area contributed by atoms with Gasteiger partial charge < -0.3 is 21.1 Å². The highest BCUT2D eigenvalue weighted by Gasteiger charge is 2.34. The van der Waals surface area contributed by atoms with Crippen molar-refractivity contribution in [3.05, 3.63) is 35.6 Å². The van der Waals surface area contributed by atoms with E-state index in [4.69, 9.17) is 10.5 Å². The van der Waals surface area contributed by atoms with Crippen LogP contribution in [0.15, 0.2) is 24.3 Å². The summed E-state index contributed by atoms with van der Waals surface area (Å²) in [5.74, 6) is -0.121. The second kappa shape index (κ2) is 7.38. The molecule has 2 heterocycles. The van der Waals surface area contributed by atoms with Crippen LogP contribution in [0.4, 0.5) is 4.39 Å². The molecule has 0 aromatic heterocycles. The van der Waals surface area contributed by atoms with Gasteiger partial charge in [0.1, 0.15) is 11.9 Å².